The zero-order valence-electron chi connectivity index (χ0n) is 12.5. The molecule has 4 rings (SSSR count). The molecule has 2 aromatic heterocycles. The van der Waals surface area contributed by atoms with Crippen LogP contribution >= 0.6 is 11.3 Å². The first kappa shape index (κ1) is 13.7. The van der Waals surface area contributed by atoms with Gasteiger partial charge in [-0.25, -0.2) is 9.97 Å². The standard InChI is InChI=1S/C17H18N4S/c1-20-8-9-21(15(11-20)13-5-3-2-4-6-13)16-14-7-10-22-17(14)19-12-18-16/h2-7,10,12,15H,8-9,11H2,1H3. The fourth-order valence-electron chi connectivity index (χ4n) is 3.14. The minimum atomic E-state index is 0.331. The van der Waals surface area contributed by atoms with Crippen LogP contribution in [-0.4, -0.2) is 41.5 Å². The zero-order chi connectivity index (χ0) is 14.9. The fourth-order valence-corrected chi connectivity index (χ4v) is 3.87. The lowest BCUT2D eigenvalue weighted by atomic mass is 10.0. The molecule has 0 bridgehead atoms. The summed E-state index contributed by atoms with van der Waals surface area (Å²) in [5.41, 5.74) is 1.34. The van der Waals surface area contributed by atoms with Gasteiger partial charge in [-0.3, -0.25) is 0 Å². The van der Waals surface area contributed by atoms with Crippen LogP contribution in [0, 0.1) is 0 Å². The molecule has 1 aliphatic heterocycles. The van der Waals surface area contributed by atoms with E-state index in [0.717, 1.165) is 35.7 Å². The number of likely N-dealkylation sites (N-methyl/N-ethyl adjacent to an activating group) is 1. The third kappa shape index (κ3) is 2.36. The van der Waals surface area contributed by atoms with E-state index in [4.69, 9.17) is 0 Å². The Bertz CT molecular complexity index is 770. The second-order valence-corrected chi connectivity index (χ2v) is 6.61. The summed E-state index contributed by atoms with van der Waals surface area (Å²) in [4.78, 5) is 14.9. The van der Waals surface area contributed by atoms with Crippen molar-refractivity contribution < 1.29 is 0 Å². The molecule has 0 amide bonds. The average Bonchev–Trinajstić information content (AvgIpc) is 3.04. The molecule has 0 aliphatic carbocycles. The number of hydrogen-bond donors (Lipinski definition) is 0. The molecule has 4 nitrogen and oxygen atoms in total. The van der Waals surface area contributed by atoms with E-state index in [9.17, 15) is 0 Å². The maximum absolute atomic E-state index is 4.61. The third-order valence-corrected chi connectivity index (χ3v) is 5.10. The minimum absolute atomic E-state index is 0.331. The van der Waals surface area contributed by atoms with Crippen molar-refractivity contribution in [3.63, 3.8) is 0 Å². The highest BCUT2D eigenvalue weighted by molar-refractivity contribution is 7.16. The maximum atomic E-state index is 4.61. The highest BCUT2D eigenvalue weighted by atomic mass is 32.1. The number of anilines is 1. The zero-order valence-corrected chi connectivity index (χ0v) is 13.3. The second kappa shape index (κ2) is 5.66. The lowest BCUT2D eigenvalue weighted by molar-refractivity contribution is 0.268. The van der Waals surface area contributed by atoms with Crippen LogP contribution in [0.25, 0.3) is 10.2 Å². The summed E-state index contributed by atoms with van der Waals surface area (Å²) in [6.07, 6.45) is 1.69. The van der Waals surface area contributed by atoms with E-state index < -0.39 is 0 Å². The van der Waals surface area contributed by atoms with Gasteiger partial charge in [-0.2, -0.15) is 0 Å². The van der Waals surface area contributed by atoms with Crippen LogP contribution in [0.1, 0.15) is 11.6 Å². The number of aromatic nitrogens is 2. The molecule has 0 spiro atoms. The third-order valence-electron chi connectivity index (χ3n) is 4.28. The molecule has 1 aromatic carbocycles. The van der Waals surface area contributed by atoms with Gasteiger partial charge in [0.1, 0.15) is 17.0 Å². The van der Waals surface area contributed by atoms with Crippen molar-refractivity contribution >= 4 is 27.4 Å². The van der Waals surface area contributed by atoms with Gasteiger partial charge in [0, 0.05) is 19.6 Å². The van der Waals surface area contributed by atoms with Crippen molar-refractivity contribution in [2.45, 2.75) is 6.04 Å². The molecule has 1 fully saturated rings. The molecule has 112 valence electrons. The van der Waals surface area contributed by atoms with Crippen LogP contribution in [0.2, 0.25) is 0 Å². The Morgan fingerprint density at radius 1 is 1.09 bits per heavy atom. The highest BCUT2D eigenvalue weighted by Crippen LogP contribution is 2.34. The van der Waals surface area contributed by atoms with Gasteiger partial charge < -0.3 is 9.80 Å². The van der Waals surface area contributed by atoms with Crippen molar-refractivity contribution in [3.8, 4) is 0 Å². The van der Waals surface area contributed by atoms with Gasteiger partial charge in [-0.15, -0.1) is 11.3 Å². The normalized spacial score (nSPS) is 19.7. The minimum Gasteiger partial charge on any atom is -0.346 e. The maximum Gasteiger partial charge on any atom is 0.141 e. The summed E-state index contributed by atoms with van der Waals surface area (Å²) in [7, 11) is 2.19. The molecule has 5 heteroatoms. The Hall–Kier alpha value is -1.98. The molecule has 3 heterocycles. The SMILES string of the molecule is CN1CCN(c2ncnc3sccc23)C(c2ccccc2)C1. The fraction of sp³-hybridized carbons (Fsp3) is 0.294. The van der Waals surface area contributed by atoms with Crippen molar-refractivity contribution in [2.75, 3.05) is 31.6 Å². The van der Waals surface area contributed by atoms with Crippen LogP contribution in [-0.2, 0) is 0 Å². The van der Waals surface area contributed by atoms with Crippen LogP contribution in [0.15, 0.2) is 48.1 Å². The molecular weight excluding hydrogens is 292 g/mol. The lowest BCUT2D eigenvalue weighted by Crippen LogP contribution is -2.47. The molecule has 3 aromatic rings. The van der Waals surface area contributed by atoms with E-state index in [1.807, 2.05) is 0 Å². The van der Waals surface area contributed by atoms with Gasteiger partial charge in [0.05, 0.1) is 11.4 Å². The first-order valence-electron chi connectivity index (χ1n) is 7.51. The lowest BCUT2D eigenvalue weighted by Gasteiger charge is -2.41. The van der Waals surface area contributed by atoms with E-state index in [1.54, 1.807) is 17.7 Å². The molecule has 22 heavy (non-hydrogen) atoms. The number of benzene rings is 1. The van der Waals surface area contributed by atoms with Gasteiger partial charge in [0.15, 0.2) is 0 Å². The Kier molecular flexibility index (Phi) is 3.52. The first-order chi connectivity index (χ1) is 10.8. The van der Waals surface area contributed by atoms with Crippen LogP contribution in [0.4, 0.5) is 5.82 Å². The second-order valence-electron chi connectivity index (χ2n) is 5.72. The van der Waals surface area contributed by atoms with Crippen molar-refractivity contribution in [2.24, 2.45) is 0 Å². The van der Waals surface area contributed by atoms with Crippen LogP contribution in [0.5, 0.6) is 0 Å². The predicted molar refractivity (Wildman–Crippen MR) is 91.4 cm³/mol. The Morgan fingerprint density at radius 2 is 1.95 bits per heavy atom. The molecule has 0 N–H and O–H groups in total. The van der Waals surface area contributed by atoms with Gasteiger partial charge in [-0.05, 0) is 24.1 Å². The number of rotatable bonds is 2. The van der Waals surface area contributed by atoms with E-state index in [-0.39, 0.29) is 0 Å². The largest absolute Gasteiger partial charge is 0.346 e. The smallest absolute Gasteiger partial charge is 0.141 e. The van der Waals surface area contributed by atoms with E-state index in [0.29, 0.717) is 6.04 Å². The van der Waals surface area contributed by atoms with Crippen molar-refractivity contribution in [1.82, 2.24) is 14.9 Å². The molecule has 0 radical (unpaired) electrons. The van der Waals surface area contributed by atoms with E-state index in [1.165, 1.54) is 5.56 Å². The van der Waals surface area contributed by atoms with Gasteiger partial charge >= 0.3 is 0 Å². The highest BCUT2D eigenvalue weighted by Gasteiger charge is 2.28. The Balaban J connectivity index is 1.79. The van der Waals surface area contributed by atoms with Crippen molar-refractivity contribution in [3.05, 3.63) is 53.7 Å². The van der Waals surface area contributed by atoms with E-state index in [2.05, 4.69) is 68.6 Å². The summed E-state index contributed by atoms with van der Waals surface area (Å²) in [5, 5.41) is 3.26. The Labute approximate surface area is 134 Å². The summed E-state index contributed by atoms with van der Waals surface area (Å²) < 4.78 is 0. The first-order valence-corrected chi connectivity index (χ1v) is 8.39. The number of piperazine rings is 1. The molecular formula is C17H18N4S. The van der Waals surface area contributed by atoms with Gasteiger partial charge in [0.25, 0.3) is 0 Å². The quantitative estimate of drug-likeness (QED) is 0.728. The number of fused-ring (bicyclic) bond motifs is 1. The summed E-state index contributed by atoms with van der Waals surface area (Å²) in [5.74, 6) is 1.06. The number of hydrogen-bond acceptors (Lipinski definition) is 5. The monoisotopic (exact) mass is 310 g/mol. The Morgan fingerprint density at radius 3 is 2.82 bits per heavy atom. The van der Waals surface area contributed by atoms with Crippen molar-refractivity contribution in [1.29, 1.82) is 0 Å². The van der Waals surface area contributed by atoms with Gasteiger partial charge in [-0.1, -0.05) is 30.3 Å². The van der Waals surface area contributed by atoms with Crippen LogP contribution in [0.3, 0.4) is 0 Å². The molecule has 1 unspecified atom stereocenters. The molecule has 0 saturated carbocycles. The summed E-state index contributed by atoms with van der Waals surface area (Å²) in [6, 6.07) is 13.2. The van der Waals surface area contributed by atoms with Crippen LogP contribution < -0.4 is 4.90 Å². The summed E-state index contributed by atoms with van der Waals surface area (Å²) in [6.45, 7) is 3.05. The van der Waals surface area contributed by atoms with Gasteiger partial charge in [0.2, 0.25) is 0 Å². The number of nitrogens with zero attached hydrogens (tertiary/aromatic N) is 4. The topological polar surface area (TPSA) is 32.3 Å². The average molecular weight is 310 g/mol. The van der Waals surface area contributed by atoms with E-state index >= 15 is 0 Å². The molecule has 1 saturated heterocycles. The predicted octanol–water partition coefficient (Wildman–Crippen LogP) is 3.18. The molecule has 1 atom stereocenters. The summed E-state index contributed by atoms with van der Waals surface area (Å²) >= 11 is 1.67. The number of thiophene rings is 1. The molecule has 1 aliphatic rings.